The molecule has 0 bridgehead atoms. The number of rotatable bonds is 9. The van der Waals surface area contributed by atoms with Gasteiger partial charge < -0.3 is 4.74 Å². The molecule has 20 heavy (non-hydrogen) atoms. The van der Waals surface area contributed by atoms with Gasteiger partial charge in [0.25, 0.3) is 0 Å². The molecule has 0 aliphatic heterocycles. The number of unbranched alkanes of at least 4 members (excludes halogenated alkanes) is 1. The van der Waals surface area contributed by atoms with Crippen LogP contribution in [-0.2, 0) is 9.53 Å². The van der Waals surface area contributed by atoms with Gasteiger partial charge in [-0.25, -0.2) is 0 Å². The normalized spacial score (nSPS) is 26.1. The lowest BCUT2D eigenvalue weighted by molar-refractivity contribution is -0.150. The van der Waals surface area contributed by atoms with Crippen LogP contribution in [0.2, 0.25) is 0 Å². The zero-order valence-electron chi connectivity index (χ0n) is 13.5. The summed E-state index contributed by atoms with van der Waals surface area (Å²) in [5, 5.41) is 3.52. The van der Waals surface area contributed by atoms with E-state index in [2.05, 4.69) is 26.1 Å². The topological polar surface area (TPSA) is 38.3 Å². The van der Waals surface area contributed by atoms with Crippen molar-refractivity contribution in [3.63, 3.8) is 0 Å². The Bertz CT molecular complexity index is 296. The number of hydrogen-bond donors (Lipinski definition) is 1. The van der Waals surface area contributed by atoms with Gasteiger partial charge >= 0.3 is 5.97 Å². The fourth-order valence-corrected chi connectivity index (χ4v) is 4.41. The lowest BCUT2D eigenvalue weighted by Crippen LogP contribution is -2.57. The molecule has 1 N–H and O–H groups in total. The molecular weight excluding hydrogens is 270 g/mol. The number of thioether (sulfide) groups is 1. The number of nitrogens with one attached hydrogen (secondary N) is 1. The molecule has 0 aromatic carbocycles. The third-order valence-electron chi connectivity index (χ3n) is 4.17. The standard InChI is InChI=1S/C16H31NO2S/c1-5-6-11-20-12-9-14-8-7-10-16(14,15(18)19-4)17-13(2)3/h13-14,17H,5-12H2,1-4H3. The maximum absolute atomic E-state index is 12.3. The van der Waals surface area contributed by atoms with Crippen molar-refractivity contribution in [3.05, 3.63) is 0 Å². The van der Waals surface area contributed by atoms with Crippen LogP contribution >= 0.6 is 11.8 Å². The molecule has 0 aromatic rings. The average molecular weight is 301 g/mol. The van der Waals surface area contributed by atoms with Gasteiger partial charge in [-0.2, -0.15) is 11.8 Å². The molecule has 0 saturated heterocycles. The molecule has 118 valence electrons. The van der Waals surface area contributed by atoms with Gasteiger partial charge in [0.15, 0.2) is 0 Å². The number of ether oxygens (including phenoxy) is 1. The molecule has 0 radical (unpaired) electrons. The van der Waals surface area contributed by atoms with Gasteiger partial charge in [0.05, 0.1) is 7.11 Å². The summed E-state index contributed by atoms with van der Waals surface area (Å²) in [6.07, 6.45) is 6.85. The predicted molar refractivity (Wildman–Crippen MR) is 87.2 cm³/mol. The SMILES string of the molecule is CCCCSCCC1CCCC1(NC(C)C)C(=O)OC. The molecule has 0 heterocycles. The highest BCUT2D eigenvalue weighted by molar-refractivity contribution is 7.99. The van der Waals surface area contributed by atoms with Gasteiger partial charge in [-0.15, -0.1) is 0 Å². The summed E-state index contributed by atoms with van der Waals surface area (Å²) in [5.74, 6) is 2.76. The van der Waals surface area contributed by atoms with Gasteiger partial charge in [0, 0.05) is 6.04 Å². The summed E-state index contributed by atoms with van der Waals surface area (Å²) in [6, 6.07) is 0.308. The van der Waals surface area contributed by atoms with Crippen LogP contribution < -0.4 is 5.32 Å². The van der Waals surface area contributed by atoms with E-state index in [0.717, 1.165) is 31.4 Å². The molecule has 2 atom stereocenters. The first-order valence-electron chi connectivity index (χ1n) is 8.00. The van der Waals surface area contributed by atoms with Crippen LogP contribution in [0.5, 0.6) is 0 Å². The summed E-state index contributed by atoms with van der Waals surface area (Å²) in [6.45, 7) is 6.44. The molecule has 0 amide bonds. The van der Waals surface area contributed by atoms with Crippen molar-refractivity contribution < 1.29 is 9.53 Å². The molecule has 1 saturated carbocycles. The summed E-state index contributed by atoms with van der Waals surface area (Å²) in [4.78, 5) is 12.3. The summed E-state index contributed by atoms with van der Waals surface area (Å²) in [5.41, 5.74) is -0.436. The molecule has 1 aliphatic carbocycles. The molecule has 2 unspecified atom stereocenters. The maximum Gasteiger partial charge on any atom is 0.326 e. The predicted octanol–water partition coefficient (Wildman–Crippen LogP) is 3.62. The van der Waals surface area contributed by atoms with E-state index in [0.29, 0.717) is 12.0 Å². The van der Waals surface area contributed by atoms with Gasteiger partial charge in [-0.3, -0.25) is 10.1 Å². The first kappa shape index (κ1) is 17.8. The Morgan fingerprint density at radius 3 is 2.80 bits per heavy atom. The highest BCUT2D eigenvalue weighted by Crippen LogP contribution is 2.40. The number of carbonyl (C=O) groups excluding carboxylic acids is 1. The van der Waals surface area contributed by atoms with Crippen molar-refractivity contribution in [2.75, 3.05) is 18.6 Å². The lowest BCUT2D eigenvalue weighted by Gasteiger charge is -2.35. The largest absolute Gasteiger partial charge is 0.468 e. The number of carbonyl (C=O) groups is 1. The zero-order valence-corrected chi connectivity index (χ0v) is 14.4. The van der Waals surface area contributed by atoms with E-state index in [1.165, 1.54) is 25.7 Å². The van der Waals surface area contributed by atoms with Crippen molar-refractivity contribution in [2.45, 2.75) is 70.9 Å². The monoisotopic (exact) mass is 301 g/mol. The summed E-state index contributed by atoms with van der Waals surface area (Å²) < 4.78 is 5.11. The van der Waals surface area contributed by atoms with Gasteiger partial charge in [0.2, 0.25) is 0 Å². The van der Waals surface area contributed by atoms with Crippen LogP contribution in [0.25, 0.3) is 0 Å². The van der Waals surface area contributed by atoms with Gasteiger partial charge in [-0.05, 0) is 57.0 Å². The van der Waals surface area contributed by atoms with E-state index < -0.39 is 5.54 Å². The average Bonchev–Trinajstić information content (AvgIpc) is 2.81. The molecular formula is C16H31NO2S. The van der Waals surface area contributed by atoms with Crippen molar-refractivity contribution in [3.8, 4) is 0 Å². The third kappa shape index (κ3) is 4.66. The molecule has 0 spiro atoms. The Morgan fingerprint density at radius 1 is 1.45 bits per heavy atom. The Kier molecular flexibility index (Phi) is 7.96. The lowest BCUT2D eigenvalue weighted by atomic mass is 9.84. The van der Waals surface area contributed by atoms with Crippen LogP contribution in [0.15, 0.2) is 0 Å². The van der Waals surface area contributed by atoms with Crippen molar-refractivity contribution >= 4 is 17.7 Å². The van der Waals surface area contributed by atoms with Gasteiger partial charge in [0.1, 0.15) is 5.54 Å². The van der Waals surface area contributed by atoms with Crippen molar-refractivity contribution in [1.29, 1.82) is 0 Å². The van der Waals surface area contributed by atoms with Crippen LogP contribution in [0.1, 0.15) is 59.3 Å². The molecule has 0 aromatic heterocycles. The highest BCUT2D eigenvalue weighted by Gasteiger charge is 2.49. The van der Waals surface area contributed by atoms with Crippen molar-refractivity contribution in [2.24, 2.45) is 5.92 Å². The zero-order chi connectivity index (χ0) is 15.0. The number of methoxy groups -OCH3 is 1. The smallest absolute Gasteiger partial charge is 0.326 e. The van der Waals surface area contributed by atoms with E-state index in [-0.39, 0.29) is 5.97 Å². The fourth-order valence-electron chi connectivity index (χ4n) is 3.26. The van der Waals surface area contributed by atoms with E-state index >= 15 is 0 Å². The Labute approximate surface area is 128 Å². The molecule has 1 aliphatic rings. The van der Waals surface area contributed by atoms with Crippen LogP contribution in [0, 0.1) is 5.92 Å². The molecule has 1 rings (SSSR count). The van der Waals surface area contributed by atoms with Crippen LogP contribution in [-0.4, -0.2) is 36.2 Å². The molecule has 1 fully saturated rings. The van der Waals surface area contributed by atoms with E-state index in [9.17, 15) is 4.79 Å². The number of esters is 1. The maximum atomic E-state index is 12.3. The first-order valence-corrected chi connectivity index (χ1v) is 9.16. The molecule has 4 heteroatoms. The highest BCUT2D eigenvalue weighted by atomic mass is 32.2. The Morgan fingerprint density at radius 2 is 2.20 bits per heavy atom. The van der Waals surface area contributed by atoms with Crippen LogP contribution in [0.4, 0.5) is 0 Å². The van der Waals surface area contributed by atoms with Gasteiger partial charge in [-0.1, -0.05) is 19.8 Å². The van der Waals surface area contributed by atoms with E-state index in [1.807, 2.05) is 11.8 Å². The van der Waals surface area contributed by atoms with E-state index in [4.69, 9.17) is 4.74 Å². The number of hydrogen-bond acceptors (Lipinski definition) is 4. The van der Waals surface area contributed by atoms with E-state index in [1.54, 1.807) is 0 Å². The Balaban J connectivity index is 2.59. The Hall–Kier alpha value is -0.220. The fraction of sp³-hybridized carbons (Fsp3) is 0.938. The van der Waals surface area contributed by atoms with Crippen LogP contribution in [0.3, 0.4) is 0 Å². The minimum Gasteiger partial charge on any atom is -0.468 e. The third-order valence-corrected chi connectivity index (χ3v) is 5.27. The minimum absolute atomic E-state index is 0.0627. The second-order valence-electron chi connectivity index (χ2n) is 6.11. The quantitative estimate of drug-likeness (QED) is 0.521. The second-order valence-corrected chi connectivity index (χ2v) is 7.33. The minimum atomic E-state index is -0.436. The van der Waals surface area contributed by atoms with Crippen molar-refractivity contribution in [1.82, 2.24) is 5.32 Å². The summed E-state index contributed by atoms with van der Waals surface area (Å²) in [7, 11) is 1.51. The summed E-state index contributed by atoms with van der Waals surface area (Å²) >= 11 is 2.02. The second kappa shape index (κ2) is 8.93. The first-order chi connectivity index (χ1) is 9.56. The molecule has 3 nitrogen and oxygen atoms in total.